The fourth-order valence-electron chi connectivity index (χ4n) is 28.7. The molecule has 4 N–H and O–H groups in total. The minimum atomic E-state index is -0.612. The number of likely N-dealkylation sites (tertiary alicyclic amines) is 1. The molecule has 4 aromatic carbocycles. The van der Waals surface area contributed by atoms with E-state index in [0.29, 0.717) is 60.5 Å². The molecular weight excluding hydrogens is 1350 g/mol. The molecule has 26 atom stereocenters. The van der Waals surface area contributed by atoms with E-state index in [1.165, 1.54) is 54.7 Å². The van der Waals surface area contributed by atoms with Gasteiger partial charge in [0.15, 0.2) is 0 Å². The van der Waals surface area contributed by atoms with Gasteiger partial charge < -0.3 is 30.4 Å². The molecule has 0 aromatic heterocycles. The predicted molar refractivity (Wildman–Crippen MR) is 387 cm³/mol. The summed E-state index contributed by atoms with van der Waals surface area (Å²) in [6.07, 6.45) is 28.6. The van der Waals surface area contributed by atoms with Crippen LogP contribution in [0, 0.1) is 158 Å². The maximum absolute atomic E-state index is 14.9. The molecule has 4 heterocycles. The van der Waals surface area contributed by atoms with Crippen molar-refractivity contribution in [3.8, 4) is 23.0 Å². The van der Waals surface area contributed by atoms with Gasteiger partial charge in [-0.05, 0) is 278 Å². The molecule has 107 heavy (non-hydrogen) atoms. The Bertz CT molecular complexity index is 4490. The molecule has 15 aliphatic carbocycles. The van der Waals surface area contributed by atoms with Crippen LogP contribution < -0.4 is 25.8 Å². The van der Waals surface area contributed by atoms with Crippen LogP contribution in [0.15, 0.2) is 121 Å². The number of aryl methyl sites for hydroxylation is 1. The van der Waals surface area contributed by atoms with Gasteiger partial charge in [-0.1, -0.05) is 61.3 Å². The second-order valence-electron chi connectivity index (χ2n) is 36.7. The molecule has 0 radical (unpaired) electrons. The first kappa shape index (κ1) is 67.5. The van der Waals surface area contributed by atoms with Crippen molar-refractivity contribution in [2.75, 3.05) is 23.4 Å². The summed E-state index contributed by atoms with van der Waals surface area (Å²) in [6, 6.07) is 29.3. The summed E-state index contributed by atoms with van der Waals surface area (Å²) < 4.78 is 21.4. The number of carbonyl (C=O) groups is 11. The number of benzene rings is 4. The van der Waals surface area contributed by atoms with Crippen LogP contribution in [0.4, 0.5) is 17.1 Å². The van der Waals surface area contributed by atoms with E-state index in [1.807, 2.05) is 55.5 Å². The molecule has 17 fully saturated rings. The summed E-state index contributed by atoms with van der Waals surface area (Å²) in [7, 11) is 1.58. The van der Waals surface area contributed by atoms with Gasteiger partial charge in [0.05, 0.1) is 53.0 Å². The number of hydrogen-bond acceptors (Lipinski definition) is 17. The molecule has 4 amide bonds. The Morgan fingerprint density at radius 1 is 0.355 bits per heavy atom. The molecule has 12 bridgehead atoms. The van der Waals surface area contributed by atoms with Crippen LogP contribution in [-0.2, 0) is 62.2 Å². The number of anilines is 3. The highest BCUT2D eigenvalue weighted by atomic mass is 16.6. The minimum Gasteiger partial charge on any atom is -0.457 e. The molecule has 4 aliphatic heterocycles. The van der Waals surface area contributed by atoms with Crippen LogP contribution in [0.1, 0.15) is 140 Å². The number of Topliss-reactive ketones (excluding diaryl/α,β-unsaturated/α-hetero) is 3. The van der Waals surface area contributed by atoms with Crippen molar-refractivity contribution in [2.45, 2.75) is 142 Å². The first-order chi connectivity index (χ1) is 51.5. The summed E-state index contributed by atoms with van der Waals surface area (Å²) in [5, 5.41) is 0. The number of fused-ring (bicyclic) bond motifs is 30. The number of imide groups is 2. The van der Waals surface area contributed by atoms with Crippen LogP contribution in [0.5, 0.6) is 23.0 Å². The SMILES string of the molecule is Cc1ccc(Oc2ccc(N3C(=O)C4C5CC(C4C3=O)C3(CCCC4(CC6CC4C4C(=O)N(C)C(=O)C64)C3=O)C5)cc2)cc1.Nc1ccc(Oc2ccc(N)cc2)cc1.O=C1C2(CCCC13CC1C=CC3C1)CC1C=CC2C1.O=C1OC(=O)C2C1C1CC2C2(CCCC3(CC4CC3C3C(=O)OC(=O)C43)C2=O)C1. The van der Waals surface area contributed by atoms with Gasteiger partial charge in [0.2, 0.25) is 23.6 Å². The smallest absolute Gasteiger partial charge is 0.317 e. The monoisotopic (exact) mass is 1440 g/mol. The van der Waals surface area contributed by atoms with Gasteiger partial charge in [-0.25, -0.2) is 0 Å². The van der Waals surface area contributed by atoms with E-state index in [1.54, 1.807) is 55.6 Å². The predicted octanol–water partition coefficient (Wildman–Crippen LogP) is 12.9. The van der Waals surface area contributed by atoms with Gasteiger partial charge in [0.1, 0.15) is 40.3 Å². The van der Waals surface area contributed by atoms with Crippen molar-refractivity contribution in [3.05, 3.63) is 127 Å². The van der Waals surface area contributed by atoms with Crippen molar-refractivity contribution >= 4 is 81.9 Å². The van der Waals surface area contributed by atoms with Gasteiger partial charge in [-0.3, -0.25) is 62.5 Å². The molecule has 19 heteroatoms. The quantitative estimate of drug-likeness (QED) is 0.0617. The van der Waals surface area contributed by atoms with Crippen LogP contribution in [-0.4, -0.2) is 76.8 Å². The Labute approximate surface area is 621 Å². The Kier molecular flexibility index (Phi) is 14.9. The number of nitrogens with zero attached hydrogens (tertiary/aromatic N) is 2. The molecule has 13 saturated carbocycles. The lowest BCUT2D eigenvalue weighted by Gasteiger charge is -2.52. The lowest BCUT2D eigenvalue weighted by molar-refractivity contribution is -0.161. The van der Waals surface area contributed by atoms with Gasteiger partial charge in [0, 0.05) is 50.9 Å². The molecule has 6 spiro atoms. The summed E-state index contributed by atoms with van der Waals surface area (Å²) in [5.41, 5.74) is 12.1. The third kappa shape index (κ3) is 9.32. The summed E-state index contributed by atoms with van der Waals surface area (Å²) in [6.45, 7) is 2.02. The zero-order chi connectivity index (χ0) is 73.5. The number of carbonyl (C=O) groups excluding carboxylic acids is 11. The zero-order valence-corrected chi connectivity index (χ0v) is 60.6. The Morgan fingerprint density at radius 2 is 0.673 bits per heavy atom. The first-order valence-corrected chi connectivity index (χ1v) is 39.9. The average molecular weight is 1450 g/mol. The van der Waals surface area contributed by atoms with Crippen LogP contribution in [0.25, 0.3) is 0 Å². The number of nitrogen functional groups attached to an aromatic ring is 2. The highest BCUT2D eigenvalue weighted by Crippen LogP contribution is 2.77. The molecule has 554 valence electrons. The van der Waals surface area contributed by atoms with E-state index in [4.69, 9.17) is 30.4 Å². The lowest BCUT2D eigenvalue weighted by atomic mass is 9.48. The van der Waals surface area contributed by atoms with E-state index < -0.39 is 63.3 Å². The zero-order valence-electron chi connectivity index (χ0n) is 60.6. The van der Waals surface area contributed by atoms with Crippen LogP contribution >= 0.6 is 0 Å². The summed E-state index contributed by atoms with van der Waals surface area (Å²) >= 11 is 0. The number of amides is 4. The fraction of sp³-hybridized carbons (Fsp3) is 0.557. The van der Waals surface area contributed by atoms with Crippen LogP contribution in [0.3, 0.4) is 0 Å². The van der Waals surface area contributed by atoms with E-state index in [0.717, 1.165) is 104 Å². The second-order valence-corrected chi connectivity index (χ2v) is 36.7. The molecule has 4 saturated heterocycles. The third-order valence-corrected chi connectivity index (χ3v) is 32.4. The fourth-order valence-corrected chi connectivity index (χ4v) is 28.7. The maximum atomic E-state index is 14.9. The Morgan fingerprint density at radius 3 is 1.07 bits per heavy atom. The molecule has 4 aromatic rings. The highest BCUT2D eigenvalue weighted by Gasteiger charge is 2.79. The summed E-state index contributed by atoms with van der Waals surface area (Å²) in [4.78, 5) is 148. The van der Waals surface area contributed by atoms with Crippen molar-refractivity contribution < 1.29 is 71.7 Å². The molecule has 19 nitrogen and oxygen atoms in total. The van der Waals surface area contributed by atoms with E-state index in [-0.39, 0.29) is 123 Å². The van der Waals surface area contributed by atoms with Gasteiger partial charge >= 0.3 is 23.9 Å². The van der Waals surface area contributed by atoms with Gasteiger partial charge in [-0.2, -0.15) is 0 Å². The normalized spacial score (nSPS) is 43.9. The van der Waals surface area contributed by atoms with Crippen molar-refractivity contribution in [3.63, 3.8) is 0 Å². The average Bonchev–Trinajstić information content (AvgIpc) is 1.48. The highest BCUT2D eigenvalue weighted by molar-refractivity contribution is 6.23. The number of cyclic esters (lactones) is 4. The summed E-state index contributed by atoms with van der Waals surface area (Å²) in [5.74, 6) is 0.964. The van der Waals surface area contributed by atoms with E-state index >= 15 is 0 Å². The van der Waals surface area contributed by atoms with E-state index in [2.05, 4.69) is 24.3 Å². The van der Waals surface area contributed by atoms with Crippen molar-refractivity contribution in [2.24, 2.45) is 151 Å². The standard InChI is InChI=1S/C36H36N2O6.C22H22O7.C18H22O.C12H12N2O/c1-18-4-8-22(9-5-18)44-23-10-6-21(7-11-23)38-32(41)27-20-15-25(29(27)33(38)42)36(17-20)13-3-12-35(34(36)43)16-19-14-24(35)28-26(19)30(39)37(2)31(28)40;23-16-12-8-4-10(14(12)18(25)28-16)21(6-8)2-1-3-22(20(21)27)7-9-5-11(22)15-13(9)17(24)29-19(15)26;19-16-17(10-12-2-4-14(17)8-12)6-1-7-18(16)11-13-3-5-15(18)9-13;13-9-1-5-11(6-2-9)15-12-7-3-10(14)4-8-12/h4-11,19-20,24-29H,3,12-17H2,1-2H3;8-15H,1-7H2;2-5,12-15H,1,6-11H2;1-8H,13-14H2. The maximum Gasteiger partial charge on any atom is 0.317 e. The minimum absolute atomic E-state index is 0.0156. The Balaban J connectivity index is 0.000000103. The van der Waals surface area contributed by atoms with Crippen molar-refractivity contribution in [1.82, 2.24) is 4.90 Å². The number of rotatable bonds is 5. The largest absolute Gasteiger partial charge is 0.457 e. The van der Waals surface area contributed by atoms with Crippen LogP contribution in [0.2, 0.25) is 0 Å². The van der Waals surface area contributed by atoms with Crippen molar-refractivity contribution in [1.29, 1.82) is 0 Å². The number of ether oxygens (including phenoxy) is 4. The van der Waals surface area contributed by atoms with E-state index in [9.17, 15) is 52.7 Å². The Hall–Kier alpha value is -8.87. The molecule has 26 unspecified atom stereocenters. The number of allylic oxidation sites excluding steroid dienone is 4. The first-order valence-electron chi connectivity index (χ1n) is 39.9. The van der Waals surface area contributed by atoms with Gasteiger partial charge in [-0.15, -0.1) is 0 Å². The molecule has 19 aliphatic rings. The lowest BCUT2D eigenvalue weighted by Crippen LogP contribution is -2.56. The van der Waals surface area contributed by atoms with Gasteiger partial charge in [0.25, 0.3) is 0 Å². The second kappa shape index (κ2) is 23.6. The number of ketones is 3. The third-order valence-electron chi connectivity index (χ3n) is 32.4. The number of nitrogens with two attached hydrogens (primary N) is 2. The topological polar surface area (TPSA) is 283 Å². The number of hydrogen-bond donors (Lipinski definition) is 2. The number of esters is 4. The molecule has 23 rings (SSSR count). The molecular formula is C88H92N4O15.